The van der Waals surface area contributed by atoms with E-state index in [-0.39, 0.29) is 5.91 Å². The van der Waals surface area contributed by atoms with Gasteiger partial charge >= 0.3 is 0 Å². The first kappa shape index (κ1) is 17.3. The minimum atomic E-state index is 0.0403. The van der Waals surface area contributed by atoms with Crippen LogP contribution in [0.25, 0.3) is 11.3 Å². The van der Waals surface area contributed by atoms with Crippen LogP contribution < -0.4 is 0 Å². The molecule has 3 aromatic rings. The number of carbonyl (C=O) groups is 1. The topological polar surface area (TPSA) is 69.2 Å². The number of likely N-dealkylation sites (tertiary alicyclic amines) is 1. The average molecular weight is 361 g/mol. The molecule has 1 saturated heterocycles. The number of benzene rings is 2. The van der Waals surface area contributed by atoms with Crippen LogP contribution in [0.2, 0.25) is 0 Å². The number of aromatic nitrogens is 2. The van der Waals surface area contributed by atoms with Crippen molar-refractivity contribution in [2.24, 2.45) is 5.92 Å². The molecule has 2 N–H and O–H groups in total. The lowest BCUT2D eigenvalue weighted by molar-refractivity contribution is 0.0787. The fourth-order valence-electron chi connectivity index (χ4n) is 3.85. The number of carbonyl (C=O) groups excluding carboxylic acids is 1. The van der Waals surface area contributed by atoms with E-state index in [1.807, 2.05) is 54.3 Å². The third-order valence-corrected chi connectivity index (χ3v) is 5.22. The minimum Gasteiger partial charge on any atom is -0.508 e. The molecule has 1 aliphatic heterocycles. The highest BCUT2D eigenvalue weighted by molar-refractivity contribution is 6.01. The highest BCUT2D eigenvalue weighted by Gasteiger charge is 2.30. The quantitative estimate of drug-likeness (QED) is 0.743. The minimum absolute atomic E-state index is 0.0403. The molecular formula is C22H23N3O2. The van der Waals surface area contributed by atoms with Gasteiger partial charge in [-0.15, -0.1) is 0 Å². The van der Waals surface area contributed by atoms with Crippen LogP contribution >= 0.6 is 0 Å². The van der Waals surface area contributed by atoms with Gasteiger partial charge in [0.05, 0.1) is 5.56 Å². The van der Waals surface area contributed by atoms with Crippen molar-refractivity contribution in [3.05, 3.63) is 71.4 Å². The predicted octanol–water partition coefficient (Wildman–Crippen LogP) is 3.80. The van der Waals surface area contributed by atoms with Crippen molar-refractivity contribution in [1.82, 2.24) is 15.1 Å². The van der Waals surface area contributed by atoms with Crippen molar-refractivity contribution < 1.29 is 9.90 Å². The van der Waals surface area contributed by atoms with Gasteiger partial charge in [-0.1, -0.05) is 42.5 Å². The van der Waals surface area contributed by atoms with E-state index in [2.05, 4.69) is 10.2 Å². The molecule has 1 aliphatic rings. The smallest absolute Gasteiger partial charge is 0.257 e. The molecule has 0 radical (unpaired) electrons. The molecule has 0 bridgehead atoms. The Labute approximate surface area is 158 Å². The molecule has 5 heteroatoms. The van der Waals surface area contributed by atoms with Crippen LogP contribution in [0.3, 0.4) is 0 Å². The normalized spacial score (nSPS) is 16.6. The molecule has 138 valence electrons. The van der Waals surface area contributed by atoms with Gasteiger partial charge in [-0.25, -0.2) is 0 Å². The van der Waals surface area contributed by atoms with Gasteiger partial charge in [0.1, 0.15) is 11.4 Å². The molecule has 4 rings (SSSR count). The zero-order valence-electron chi connectivity index (χ0n) is 15.4. The van der Waals surface area contributed by atoms with Crippen LogP contribution in [-0.2, 0) is 6.42 Å². The maximum absolute atomic E-state index is 13.2. The molecule has 5 nitrogen and oxygen atoms in total. The van der Waals surface area contributed by atoms with Crippen LogP contribution in [0.1, 0.15) is 28.0 Å². The van der Waals surface area contributed by atoms with Gasteiger partial charge in [-0.05, 0) is 43.4 Å². The number of H-pyrrole nitrogens is 1. The highest BCUT2D eigenvalue weighted by Crippen LogP contribution is 2.28. The summed E-state index contributed by atoms with van der Waals surface area (Å²) >= 11 is 0. The molecule has 1 amide bonds. The molecule has 27 heavy (non-hydrogen) atoms. The number of amides is 1. The number of hydrogen-bond donors (Lipinski definition) is 2. The number of phenolic OH excluding ortho intramolecular Hbond substituents is 1. The van der Waals surface area contributed by atoms with Crippen LogP contribution in [0.15, 0.2) is 54.6 Å². The van der Waals surface area contributed by atoms with Gasteiger partial charge in [0.2, 0.25) is 0 Å². The number of hydrogen-bond acceptors (Lipinski definition) is 3. The number of nitrogens with one attached hydrogen (secondary N) is 1. The summed E-state index contributed by atoms with van der Waals surface area (Å²) in [6, 6.07) is 17.2. The molecular weight excluding hydrogens is 338 g/mol. The van der Waals surface area contributed by atoms with E-state index in [0.29, 0.717) is 17.2 Å². The predicted molar refractivity (Wildman–Crippen MR) is 105 cm³/mol. The molecule has 0 aliphatic carbocycles. The van der Waals surface area contributed by atoms with Gasteiger partial charge in [-0.3, -0.25) is 9.89 Å². The Hall–Kier alpha value is -3.08. The summed E-state index contributed by atoms with van der Waals surface area (Å²) in [6.07, 6.45) is 1.84. The second-order valence-electron chi connectivity index (χ2n) is 7.22. The molecule has 1 unspecified atom stereocenters. The van der Waals surface area contributed by atoms with Crippen molar-refractivity contribution in [3.8, 4) is 17.0 Å². The number of aromatic amines is 1. The van der Waals surface area contributed by atoms with Crippen LogP contribution in [-0.4, -0.2) is 39.2 Å². The Balaban J connectivity index is 1.51. The number of aryl methyl sites for hydroxylation is 1. The standard InChI is InChI=1S/C22H23N3O2/c1-15-20(21(24-23-15)18-7-3-2-4-8-18)22(27)25-11-10-17(14-25)12-16-6-5-9-19(26)13-16/h2-9,13,17,26H,10-12,14H2,1H3,(H,23,24). The number of nitrogens with zero attached hydrogens (tertiary/aromatic N) is 2. The maximum atomic E-state index is 13.2. The number of phenols is 1. The van der Waals surface area contributed by atoms with Gasteiger partial charge < -0.3 is 10.0 Å². The largest absolute Gasteiger partial charge is 0.508 e. The molecule has 1 atom stereocenters. The Morgan fingerprint density at radius 2 is 2.04 bits per heavy atom. The maximum Gasteiger partial charge on any atom is 0.257 e. The van der Waals surface area contributed by atoms with Crippen molar-refractivity contribution in [1.29, 1.82) is 0 Å². The zero-order valence-corrected chi connectivity index (χ0v) is 15.4. The summed E-state index contributed by atoms with van der Waals surface area (Å²) < 4.78 is 0. The first-order valence-corrected chi connectivity index (χ1v) is 9.29. The summed E-state index contributed by atoms with van der Waals surface area (Å²) in [5.74, 6) is 0.738. The van der Waals surface area contributed by atoms with Crippen LogP contribution in [0.4, 0.5) is 0 Å². The Bertz CT molecular complexity index is 949. The van der Waals surface area contributed by atoms with E-state index in [1.54, 1.807) is 12.1 Å². The lowest BCUT2D eigenvalue weighted by Crippen LogP contribution is -2.29. The van der Waals surface area contributed by atoms with E-state index < -0.39 is 0 Å². The van der Waals surface area contributed by atoms with E-state index in [4.69, 9.17) is 0 Å². The summed E-state index contributed by atoms with van der Waals surface area (Å²) in [7, 11) is 0. The van der Waals surface area contributed by atoms with Gasteiger partial charge in [0, 0.05) is 24.3 Å². The SMILES string of the molecule is Cc1[nH]nc(-c2ccccc2)c1C(=O)N1CCC(Cc2cccc(O)c2)C1. The van der Waals surface area contributed by atoms with Gasteiger partial charge in [0.15, 0.2) is 0 Å². The molecule has 1 fully saturated rings. The Morgan fingerprint density at radius 3 is 2.81 bits per heavy atom. The first-order valence-electron chi connectivity index (χ1n) is 9.29. The van der Waals surface area contributed by atoms with Crippen molar-refractivity contribution in [2.45, 2.75) is 19.8 Å². The second-order valence-corrected chi connectivity index (χ2v) is 7.22. The Kier molecular flexibility index (Phi) is 4.67. The fourth-order valence-corrected chi connectivity index (χ4v) is 3.85. The lowest BCUT2D eigenvalue weighted by Gasteiger charge is -2.17. The summed E-state index contributed by atoms with van der Waals surface area (Å²) in [4.78, 5) is 15.1. The zero-order chi connectivity index (χ0) is 18.8. The average Bonchev–Trinajstić information content (AvgIpc) is 3.29. The van der Waals surface area contributed by atoms with Crippen LogP contribution in [0, 0.1) is 12.8 Å². The monoisotopic (exact) mass is 361 g/mol. The summed E-state index contributed by atoms with van der Waals surface area (Å²) in [6.45, 7) is 3.38. The van der Waals surface area contributed by atoms with E-state index >= 15 is 0 Å². The van der Waals surface area contributed by atoms with Gasteiger partial charge in [-0.2, -0.15) is 5.10 Å². The summed E-state index contributed by atoms with van der Waals surface area (Å²) in [5.41, 5.74) is 4.24. The van der Waals surface area contributed by atoms with Crippen molar-refractivity contribution >= 4 is 5.91 Å². The molecule has 2 aromatic carbocycles. The van der Waals surface area contributed by atoms with Gasteiger partial charge in [0.25, 0.3) is 5.91 Å². The first-order chi connectivity index (χ1) is 13.1. The van der Waals surface area contributed by atoms with Crippen molar-refractivity contribution in [3.63, 3.8) is 0 Å². The second kappa shape index (κ2) is 7.27. The number of aromatic hydroxyl groups is 1. The van der Waals surface area contributed by atoms with Crippen LogP contribution in [0.5, 0.6) is 5.75 Å². The molecule has 0 spiro atoms. The van der Waals surface area contributed by atoms with Crippen molar-refractivity contribution in [2.75, 3.05) is 13.1 Å². The summed E-state index contributed by atoms with van der Waals surface area (Å²) in [5, 5.41) is 17.0. The molecule has 0 saturated carbocycles. The lowest BCUT2D eigenvalue weighted by atomic mass is 9.98. The fraction of sp³-hybridized carbons (Fsp3) is 0.273. The van der Waals surface area contributed by atoms with E-state index in [9.17, 15) is 9.90 Å². The highest BCUT2D eigenvalue weighted by atomic mass is 16.3. The third-order valence-electron chi connectivity index (χ3n) is 5.22. The molecule has 2 heterocycles. The molecule has 1 aromatic heterocycles. The Morgan fingerprint density at radius 1 is 1.22 bits per heavy atom. The van der Waals surface area contributed by atoms with E-state index in [1.165, 1.54) is 0 Å². The van der Waals surface area contributed by atoms with E-state index in [0.717, 1.165) is 48.4 Å². The number of rotatable bonds is 4. The third kappa shape index (κ3) is 3.58.